The summed E-state index contributed by atoms with van der Waals surface area (Å²) in [6.45, 7) is 2.70. The largest absolute Gasteiger partial charge is 0.371 e. The Bertz CT molecular complexity index is 650. The normalized spacial score (nSPS) is 17.7. The van der Waals surface area contributed by atoms with E-state index in [1.165, 1.54) is 5.69 Å². The number of amides is 1. The summed E-state index contributed by atoms with van der Waals surface area (Å²) in [4.78, 5) is 14.5. The second kappa shape index (κ2) is 6.44. The van der Waals surface area contributed by atoms with E-state index in [1.54, 1.807) is 0 Å². The zero-order chi connectivity index (χ0) is 15.5. The van der Waals surface area contributed by atoms with Crippen molar-refractivity contribution in [2.75, 3.05) is 24.5 Å². The molecule has 5 heteroatoms. The first-order valence-corrected chi connectivity index (χ1v) is 7.91. The van der Waals surface area contributed by atoms with Gasteiger partial charge in [-0.15, -0.1) is 0 Å². The van der Waals surface area contributed by atoms with Gasteiger partial charge in [0, 0.05) is 43.6 Å². The van der Waals surface area contributed by atoms with Crippen LogP contribution in [0.5, 0.6) is 0 Å². The smallest absolute Gasteiger partial charge is 0.267 e. The first-order valence-electron chi connectivity index (χ1n) is 7.53. The Balaban J connectivity index is 1.52. The summed E-state index contributed by atoms with van der Waals surface area (Å²) in [5.41, 5.74) is 1.90. The SMILES string of the molecule is Cn1cccc1C(=O)NCC1CCN(c2ccc(Cl)cc2)C1. The molecular weight excluding hydrogens is 298 g/mol. The molecule has 1 aromatic heterocycles. The van der Waals surface area contributed by atoms with Crippen LogP contribution in [-0.4, -0.2) is 30.1 Å². The molecule has 0 radical (unpaired) electrons. The first-order chi connectivity index (χ1) is 10.6. The van der Waals surface area contributed by atoms with Gasteiger partial charge < -0.3 is 14.8 Å². The van der Waals surface area contributed by atoms with Crippen LogP contribution < -0.4 is 10.2 Å². The van der Waals surface area contributed by atoms with E-state index >= 15 is 0 Å². The number of hydrogen-bond donors (Lipinski definition) is 1. The van der Waals surface area contributed by atoms with Crippen molar-refractivity contribution >= 4 is 23.2 Å². The Morgan fingerprint density at radius 1 is 1.32 bits per heavy atom. The molecular formula is C17H20ClN3O. The van der Waals surface area contributed by atoms with Crippen LogP contribution in [0.25, 0.3) is 0 Å². The average Bonchev–Trinajstić information content (AvgIpc) is 3.14. The van der Waals surface area contributed by atoms with Crippen molar-refractivity contribution in [2.45, 2.75) is 6.42 Å². The molecule has 1 aliphatic heterocycles. The number of anilines is 1. The van der Waals surface area contributed by atoms with Crippen LogP contribution >= 0.6 is 11.6 Å². The summed E-state index contributed by atoms with van der Waals surface area (Å²) in [6, 6.07) is 11.7. The third-order valence-corrected chi connectivity index (χ3v) is 4.46. The highest BCUT2D eigenvalue weighted by atomic mass is 35.5. The molecule has 0 bridgehead atoms. The van der Waals surface area contributed by atoms with Crippen molar-refractivity contribution in [1.82, 2.24) is 9.88 Å². The van der Waals surface area contributed by atoms with Gasteiger partial charge in [0.05, 0.1) is 0 Å². The van der Waals surface area contributed by atoms with E-state index < -0.39 is 0 Å². The van der Waals surface area contributed by atoms with Crippen molar-refractivity contribution < 1.29 is 4.79 Å². The molecule has 2 aromatic rings. The Hall–Kier alpha value is -1.94. The molecule has 1 amide bonds. The number of aryl methyl sites for hydroxylation is 1. The summed E-state index contributed by atoms with van der Waals surface area (Å²) in [5, 5.41) is 3.80. The van der Waals surface area contributed by atoms with Gasteiger partial charge in [-0.3, -0.25) is 4.79 Å². The van der Waals surface area contributed by atoms with Gasteiger partial charge >= 0.3 is 0 Å². The van der Waals surface area contributed by atoms with Crippen LogP contribution in [0.1, 0.15) is 16.9 Å². The molecule has 1 aliphatic rings. The highest BCUT2D eigenvalue weighted by Gasteiger charge is 2.23. The lowest BCUT2D eigenvalue weighted by Crippen LogP contribution is -2.32. The monoisotopic (exact) mass is 317 g/mol. The molecule has 1 unspecified atom stereocenters. The van der Waals surface area contributed by atoms with Gasteiger partial charge in [-0.2, -0.15) is 0 Å². The Morgan fingerprint density at radius 2 is 2.09 bits per heavy atom. The topological polar surface area (TPSA) is 37.3 Å². The summed E-state index contributed by atoms with van der Waals surface area (Å²) < 4.78 is 1.84. The van der Waals surface area contributed by atoms with Gasteiger partial charge in [0.25, 0.3) is 5.91 Å². The lowest BCUT2D eigenvalue weighted by molar-refractivity contribution is 0.0940. The van der Waals surface area contributed by atoms with E-state index in [-0.39, 0.29) is 5.91 Å². The van der Waals surface area contributed by atoms with Gasteiger partial charge in [0.2, 0.25) is 0 Å². The number of carbonyl (C=O) groups excluding carboxylic acids is 1. The zero-order valence-corrected chi connectivity index (χ0v) is 13.4. The molecule has 1 aromatic carbocycles. The minimum Gasteiger partial charge on any atom is -0.371 e. The molecule has 0 spiro atoms. The predicted molar refractivity (Wildman–Crippen MR) is 89.5 cm³/mol. The second-order valence-corrected chi connectivity index (χ2v) is 6.23. The van der Waals surface area contributed by atoms with Crippen molar-refractivity contribution in [1.29, 1.82) is 0 Å². The minimum atomic E-state index is -0.00237. The number of rotatable bonds is 4. The number of nitrogens with zero attached hydrogens (tertiary/aromatic N) is 2. The molecule has 4 nitrogen and oxygen atoms in total. The quantitative estimate of drug-likeness (QED) is 0.941. The van der Waals surface area contributed by atoms with Crippen molar-refractivity contribution in [2.24, 2.45) is 13.0 Å². The van der Waals surface area contributed by atoms with Gasteiger partial charge in [-0.25, -0.2) is 0 Å². The van der Waals surface area contributed by atoms with Crippen LogP contribution in [0.3, 0.4) is 0 Å². The molecule has 3 rings (SSSR count). The number of aromatic nitrogens is 1. The van der Waals surface area contributed by atoms with Gasteiger partial charge in [0.15, 0.2) is 0 Å². The Morgan fingerprint density at radius 3 is 2.77 bits per heavy atom. The second-order valence-electron chi connectivity index (χ2n) is 5.79. The summed E-state index contributed by atoms with van der Waals surface area (Å²) in [5.74, 6) is 0.484. The first kappa shape index (κ1) is 15.0. The highest BCUT2D eigenvalue weighted by Crippen LogP contribution is 2.24. The molecule has 1 fully saturated rings. The third kappa shape index (κ3) is 3.28. The average molecular weight is 318 g/mol. The van der Waals surface area contributed by atoms with E-state index in [2.05, 4.69) is 10.2 Å². The van der Waals surface area contributed by atoms with Crippen LogP contribution in [0.15, 0.2) is 42.6 Å². The zero-order valence-electron chi connectivity index (χ0n) is 12.6. The summed E-state index contributed by atoms with van der Waals surface area (Å²) in [7, 11) is 1.88. The number of benzene rings is 1. The molecule has 0 saturated carbocycles. The van der Waals surface area contributed by atoms with Crippen LogP contribution in [0, 0.1) is 5.92 Å². The fourth-order valence-electron chi connectivity index (χ4n) is 2.91. The van der Waals surface area contributed by atoms with Crippen molar-refractivity contribution in [3.05, 3.63) is 53.3 Å². The maximum Gasteiger partial charge on any atom is 0.267 e. The van der Waals surface area contributed by atoms with Crippen LogP contribution in [0.2, 0.25) is 5.02 Å². The maximum absolute atomic E-state index is 12.1. The summed E-state index contributed by atoms with van der Waals surface area (Å²) in [6.07, 6.45) is 2.97. The van der Waals surface area contributed by atoms with E-state index in [0.717, 1.165) is 24.5 Å². The molecule has 2 heterocycles. The molecule has 0 aliphatic carbocycles. The Labute approximate surface area is 135 Å². The van der Waals surface area contributed by atoms with E-state index in [1.807, 2.05) is 54.2 Å². The number of carbonyl (C=O) groups is 1. The lowest BCUT2D eigenvalue weighted by atomic mass is 10.1. The van der Waals surface area contributed by atoms with Crippen LogP contribution in [-0.2, 0) is 7.05 Å². The summed E-state index contributed by atoms with van der Waals surface area (Å²) >= 11 is 5.93. The third-order valence-electron chi connectivity index (χ3n) is 4.21. The van der Waals surface area contributed by atoms with Crippen molar-refractivity contribution in [3.8, 4) is 0 Å². The molecule has 22 heavy (non-hydrogen) atoms. The van der Waals surface area contributed by atoms with Gasteiger partial charge in [-0.05, 0) is 48.7 Å². The number of nitrogens with one attached hydrogen (secondary N) is 1. The molecule has 1 N–H and O–H groups in total. The molecule has 116 valence electrons. The maximum atomic E-state index is 12.1. The van der Waals surface area contributed by atoms with Crippen LogP contribution in [0.4, 0.5) is 5.69 Å². The molecule has 1 saturated heterocycles. The predicted octanol–water partition coefficient (Wildman–Crippen LogP) is 2.93. The highest BCUT2D eigenvalue weighted by molar-refractivity contribution is 6.30. The Kier molecular flexibility index (Phi) is 4.39. The lowest BCUT2D eigenvalue weighted by Gasteiger charge is -2.19. The standard InChI is InChI=1S/C17H20ClN3O/c1-20-9-2-3-16(20)17(22)19-11-13-8-10-21(12-13)15-6-4-14(18)5-7-15/h2-7,9,13H,8,10-12H2,1H3,(H,19,22). The fourth-order valence-corrected chi connectivity index (χ4v) is 3.04. The van der Waals surface area contributed by atoms with E-state index in [4.69, 9.17) is 11.6 Å². The minimum absolute atomic E-state index is 0.00237. The van der Waals surface area contributed by atoms with Gasteiger partial charge in [-0.1, -0.05) is 11.6 Å². The molecule has 1 atom stereocenters. The van der Waals surface area contributed by atoms with Crippen molar-refractivity contribution in [3.63, 3.8) is 0 Å². The van der Waals surface area contributed by atoms with E-state index in [9.17, 15) is 4.79 Å². The number of hydrogen-bond acceptors (Lipinski definition) is 2. The van der Waals surface area contributed by atoms with E-state index in [0.29, 0.717) is 18.2 Å². The van der Waals surface area contributed by atoms with Gasteiger partial charge in [0.1, 0.15) is 5.69 Å². The number of halogens is 1. The fraction of sp³-hybridized carbons (Fsp3) is 0.353.